The summed E-state index contributed by atoms with van der Waals surface area (Å²) < 4.78 is 13.8. The van der Waals surface area contributed by atoms with Gasteiger partial charge in [-0.15, -0.1) is 0 Å². The summed E-state index contributed by atoms with van der Waals surface area (Å²) in [5.74, 6) is 2.17. The van der Waals surface area contributed by atoms with Crippen molar-refractivity contribution in [3.05, 3.63) is 76.5 Å². The van der Waals surface area contributed by atoms with E-state index in [1.165, 1.54) is 0 Å². The minimum absolute atomic E-state index is 0.118. The van der Waals surface area contributed by atoms with Gasteiger partial charge in [0.25, 0.3) is 0 Å². The zero-order valence-electron chi connectivity index (χ0n) is 15.2. The van der Waals surface area contributed by atoms with Crippen molar-refractivity contribution in [3.63, 3.8) is 0 Å². The maximum atomic E-state index is 9.34. The first-order valence-corrected chi connectivity index (χ1v) is 9.47. The number of rotatable bonds is 6. The molecule has 0 spiro atoms. The third kappa shape index (κ3) is 3.72. The highest BCUT2D eigenvalue weighted by molar-refractivity contribution is 9.10. The first-order chi connectivity index (χ1) is 13.7. The molecule has 0 atom stereocenters. The minimum atomic E-state index is -0.118. The smallest absolute Gasteiger partial charge is 0.154 e. The average Bonchev–Trinajstić information content (AvgIpc) is 3.17. The lowest BCUT2D eigenvalue weighted by atomic mass is 10.2. The molecule has 1 N–H and O–H groups in total. The molecular formula is C21H18BrN3O3. The van der Waals surface area contributed by atoms with E-state index in [2.05, 4.69) is 26.0 Å². The third-order valence-corrected chi connectivity index (χ3v) is 5.00. The van der Waals surface area contributed by atoms with E-state index in [4.69, 9.17) is 9.47 Å². The SMILES string of the molecule is COc1ccc(COc2cc(Br)c3cnn(-c4cccc(CO)n4)c3c2)cc1. The van der Waals surface area contributed by atoms with Crippen LogP contribution in [0.5, 0.6) is 11.5 Å². The van der Waals surface area contributed by atoms with Crippen LogP contribution in [0.4, 0.5) is 0 Å². The molecule has 4 rings (SSSR count). The number of aliphatic hydroxyl groups excluding tert-OH is 1. The Morgan fingerprint density at radius 2 is 1.89 bits per heavy atom. The largest absolute Gasteiger partial charge is 0.497 e. The molecule has 142 valence electrons. The first kappa shape index (κ1) is 18.5. The molecule has 7 heteroatoms. The molecule has 6 nitrogen and oxygen atoms in total. The zero-order chi connectivity index (χ0) is 19.5. The fourth-order valence-corrected chi connectivity index (χ4v) is 3.42. The fraction of sp³-hybridized carbons (Fsp3) is 0.143. The number of aliphatic hydroxyl groups is 1. The van der Waals surface area contributed by atoms with Crippen molar-refractivity contribution >= 4 is 26.8 Å². The van der Waals surface area contributed by atoms with Crippen LogP contribution in [-0.4, -0.2) is 27.0 Å². The number of hydrogen-bond acceptors (Lipinski definition) is 5. The number of ether oxygens (including phenoxy) is 2. The van der Waals surface area contributed by atoms with Gasteiger partial charge < -0.3 is 14.6 Å². The van der Waals surface area contributed by atoms with E-state index in [1.807, 2.05) is 48.5 Å². The van der Waals surface area contributed by atoms with Crippen LogP contribution < -0.4 is 9.47 Å². The van der Waals surface area contributed by atoms with Crippen LogP contribution in [0.2, 0.25) is 0 Å². The number of halogens is 1. The second kappa shape index (κ2) is 8.00. The van der Waals surface area contributed by atoms with Crippen LogP contribution in [0.15, 0.2) is 65.3 Å². The number of fused-ring (bicyclic) bond motifs is 1. The molecule has 0 saturated heterocycles. The zero-order valence-corrected chi connectivity index (χ0v) is 16.8. The molecule has 0 radical (unpaired) electrons. The van der Waals surface area contributed by atoms with Gasteiger partial charge in [-0.3, -0.25) is 0 Å². The highest BCUT2D eigenvalue weighted by Gasteiger charge is 2.12. The molecule has 0 unspecified atom stereocenters. The average molecular weight is 440 g/mol. The van der Waals surface area contributed by atoms with Crippen molar-refractivity contribution in [2.45, 2.75) is 13.2 Å². The fourth-order valence-electron chi connectivity index (χ4n) is 2.89. The van der Waals surface area contributed by atoms with Crippen molar-refractivity contribution in [1.82, 2.24) is 14.8 Å². The second-order valence-corrected chi connectivity index (χ2v) is 7.03. The van der Waals surface area contributed by atoms with Gasteiger partial charge in [0.05, 0.1) is 31.1 Å². The molecule has 28 heavy (non-hydrogen) atoms. The second-order valence-electron chi connectivity index (χ2n) is 6.18. The molecule has 0 bridgehead atoms. The summed E-state index contributed by atoms with van der Waals surface area (Å²) >= 11 is 3.60. The Balaban J connectivity index is 1.64. The van der Waals surface area contributed by atoms with Gasteiger partial charge in [0.2, 0.25) is 0 Å². The van der Waals surface area contributed by atoms with E-state index in [1.54, 1.807) is 24.1 Å². The topological polar surface area (TPSA) is 69.4 Å². The van der Waals surface area contributed by atoms with Crippen LogP contribution in [-0.2, 0) is 13.2 Å². The number of pyridine rings is 1. The summed E-state index contributed by atoms with van der Waals surface area (Å²) in [6.07, 6.45) is 1.78. The molecule has 0 aliphatic carbocycles. The maximum absolute atomic E-state index is 9.34. The van der Waals surface area contributed by atoms with Gasteiger partial charge >= 0.3 is 0 Å². The van der Waals surface area contributed by atoms with E-state index in [0.717, 1.165) is 32.4 Å². The van der Waals surface area contributed by atoms with Gasteiger partial charge in [0.1, 0.15) is 18.1 Å². The lowest BCUT2D eigenvalue weighted by Crippen LogP contribution is -2.02. The number of aromatic nitrogens is 3. The van der Waals surface area contributed by atoms with E-state index >= 15 is 0 Å². The minimum Gasteiger partial charge on any atom is -0.497 e. The highest BCUT2D eigenvalue weighted by Crippen LogP contribution is 2.31. The standard InChI is InChI=1S/C21H18BrN3O3/c1-27-16-7-5-14(6-8-16)13-28-17-9-19(22)18-11-23-25(20(18)10-17)21-4-2-3-15(12-26)24-21/h2-11,26H,12-13H2,1H3. The Hall–Kier alpha value is -2.90. The van der Waals surface area contributed by atoms with Crippen molar-refractivity contribution in [3.8, 4) is 17.3 Å². The molecule has 0 aliphatic rings. The predicted octanol–water partition coefficient (Wildman–Crippen LogP) is 4.26. The number of benzene rings is 2. The molecule has 0 aliphatic heterocycles. The summed E-state index contributed by atoms with van der Waals surface area (Å²) in [5.41, 5.74) is 2.50. The Morgan fingerprint density at radius 1 is 1.07 bits per heavy atom. The first-order valence-electron chi connectivity index (χ1n) is 8.68. The summed E-state index contributed by atoms with van der Waals surface area (Å²) in [6.45, 7) is 0.321. The van der Waals surface area contributed by atoms with Crippen LogP contribution in [0.1, 0.15) is 11.3 Å². The normalized spacial score (nSPS) is 11.0. The molecule has 4 aromatic rings. The summed E-state index contributed by atoms with van der Waals surface area (Å²) in [6, 6.07) is 17.1. The van der Waals surface area contributed by atoms with Gasteiger partial charge in [-0.2, -0.15) is 5.10 Å². The molecule has 0 amide bonds. The van der Waals surface area contributed by atoms with Gasteiger partial charge in [0, 0.05) is 15.9 Å². The van der Waals surface area contributed by atoms with Crippen molar-refractivity contribution in [2.75, 3.05) is 7.11 Å². The van der Waals surface area contributed by atoms with Crippen molar-refractivity contribution in [1.29, 1.82) is 0 Å². The Morgan fingerprint density at radius 3 is 2.64 bits per heavy atom. The van der Waals surface area contributed by atoms with Crippen molar-refractivity contribution < 1.29 is 14.6 Å². The van der Waals surface area contributed by atoms with E-state index in [-0.39, 0.29) is 6.61 Å². The lowest BCUT2D eigenvalue weighted by Gasteiger charge is -2.10. The van der Waals surface area contributed by atoms with Gasteiger partial charge in [0.15, 0.2) is 5.82 Å². The monoisotopic (exact) mass is 439 g/mol. The van der Waals surface area contributed by atoms with Crippen LogP contribution in [0, 0.1) is 0 Å². The summed E-state index contributed by atoms with van der Waals surface area (Å²) in [5, 5.41) is 14.7. The van der Waals surface area contributed by atoms with E-state index in [0.29, 0.717) is 18.1 Å². The predicted molar refractivity (Wildman–Crippen MR) is 110 cm³/mol. The molecule has 2 aromatic carbocycles. The van der Waals surface area contributed by atoms with Crippen LogP contribution in [0.3, 0.4) is 0 Å². The molecular weight excluding hydrogens is 422 g/mol. The maximum Gasteiger partial charge on any atom is 0.154 e. The number of hydrogen-bond donors (Lipinski definition) is 1. The highest BCUT2D eigenvalue weighted by atomic mass is 79.9. The van der Waals surface area contributed by atoms with E-state index < -0.39 is 0 Å². The summed E-state index contributed by atoms with van der Waals surface area (Å²) in [4.78, 5) is 4.44. The molecule has 0 fully saturated rings. The van der Waals surface area contributed by atoms with Crippen molar-refractivity contribution in [2.24, 2.45) is 0 Å². The van der Waals surface area contributed by atoms with E-state index in [9.17, 15) is 5.11 Å². The quantitative estimate of drug-likeness (QED) is 0.485. The molecule has 2 heterocycles. The Labute approximate surface area is 170 Å². The van der Waals surface area contributed by atoms with Gasteiger partial charge in [-0.25, -0.2) is 9.67 Å². The van der Waals surface area contributed by atoms with Crippen LogP contribution in [0.25, 0.3) is 16.7 Å². The van der Waals surface area contributed by atoms with Crippen LogP contribution >= 0.6 is 15.9 Å². The Bertz CT molecular complexity index is 1110. The molecule has 2 aromatic heterocycles. The lowest BCUT2D eigenvalue weighted by molar-refractivity contribution is 0.276. The summed E-state index contributed by atoms with van der Waals surface area (Å²) in [7, 11) is 1.65. The van der Waals surface area contributed by atoms with Gasteiger partial charge in [-0.1, -0.05) is 18.2 Å². The molecule has 0 saturated carbocycles. The number of methoxy groups -OCH3 is 1. The van der Waals surface area contributed by atoms with Gasteiger partial charge in [-0.05, 0) is 51.8 Å². The number of nitrogens with zero attached hydrogens (tertiary/aromatic N) is 3. The third-order valence-electron chi connectivity index (χ3n) is 4.35. The Kier molecular flexibility index (Phi) is 5.27.